The van der Waals surface area contributed by atoms with E-state index < -0.39 is 24.0 Å². The monoisotopic (exact) mass is 426 g/mol. The Labute approximate surface area is 178 Å². The lowest BCUT2D eigenvalue weighted by Gasteiger charge is -2.20. The average Bonchev–Trinajstić information content (AvgIpc) is 3.46. The van der Waals surface area contributed by atoms with Crippen LogP contribution in [-0.4, -0.2) is 29.9 Å². The third kappa shape index (κ3) is 6.05. The highest BCUT2D eigenvalue weighted by Crippen LogP contribution is 2.11. The lowest BCUT2D eigenvalue weighted by Crippen LogP contribution is -2.46. The molecule has 156 valence electrons. The Morgan fingerprint density at radius 3 is 2.53 bits per heavy atom. The van der Waals surface area contributed by atoms with E-state index in [2.05, 4.69) is 10.6 Å². The Hall–Kier alpha value is -3.39. The van der Waals surface area contributed by atoms with Crippen LogP contribution in [-0.2, 0) is 27.3 Å². The molecule has 2 atom stereocenters. The van der Waals surface area contributed by atoms with E-state index in [1.807, 2.05) is 30.3 Å². The smallest absolute Gasteiger partial charge is 0.329 e. The van der Waals surface area contributed by atoms with Gasteiger partial charge >= 0.3 is 5.97 Å². The molecule has 2 aromatic heterocycles. The van der Waals surface area contributed by atoms with E-state index in [0.29, 0.717) is 10.6 Å². The van der Waals surface area contributed by atoms with Crippen molar-refractivity contribution < 1.29 is 23.5 Å². The molecule has 0 saturated carbocycles. The van der Waals surface area contributed by atoms with E-state index in [1.165, 1.54) is 24.5 Å². The van der Waals surface area contributed by atoms with Gasteiger partial charge in [-0.25, -0.2) is 4.79 Å². The number of furan rings is 1. The first kappa shape index (κ1) is 21.3. The fourth-order valence-electron chi connectivity index (χ4n) is 2.72. The summed E-state index contributed by atoms with van der Waals surface area (Å²) in [4.78, 5) is 38.0. The highest BCUT2D eigenvalue weighted by Gasteiger charge is 2.27. The van der Waals surface area contributed by atoms with Gasteiger partial charge in [0.25, 0.3) is 11.8 Å². The van der Waals surface area contributed by atoms with E-state index in [4.69, 9.17) is 9.15 Å². The predicted octanol–water partition coefficient (Wildman–Crippen LogP) is 2.93. The lowest BCUT2D eigenvalue weighted by molar-refractivity contribution is -0.156. The molecule has 0 bridgehead atoms. The minimum atomic E-state index is -1.02. The van der Waals surface area contributed by atoms with E-state index in [1.54, 1.807) is 29.6 Å². The number of benzene rings is 1. The number of esters is 1. The number of carbonyl (C=O) groups is 3. The number of thiophene rings is 1. The summed E-state index contributed by atoms with van der Waals surface area (Å²) in [6.45, 7) is 1.67. The van der Waals surface area contributed by atoms with Gasteiger partial charge in [-0.2, -0.15) is 0 Å². The summed E-state index contributed by atoms with van der Waals surface area (Å²) in [7, 11) is 0. The lowest BCUT2D eigenvalue weighted by atomic mass is 10.1. The fraction of sp³-hybridized carbons (Fsp3) is 0.227. The Balaban J connectivity index is 1.62. The molecule has 3 rings (SSSR count). The van der Waals surface area contributed by atoms with Crippen LogP contribution in [0.4, 0.5) is 0 Å². The topological polar surface area (TPSA) is 97.6 Å². The molecule has 0 aliphatic rings. The summed E-state index contributed by atoms with van der Waals surface area (Å²) in [6.07, 6.45) is 0.733. The molecule has 2 heterocycles. The van der Waals surface area contributed by atoms with Crippen LogP contribution >= 0.6 is 11.3 Å². The Morgan fingerprint density at radius 1 is 1.07 bits per heavy atom. The maximum absolute atomic E-state index is 12.8. The maximum Gasteiger partial charge on any atom is 0.329 e. The van der Waals surface area contributed by atoms with E-state index >= 15 is 0 Å². The quantitative estimate of drug-likeness (QED) is 0.513. The van der Waals surface area contributed by atoms with Gasteiger partial charge in [0.2, 0.25) is 0 Å². The zero-order valence-electron chi connectivity index (χ0n) is 16.4. The molecule has 30 heavy (non-hydrogen) atoms. The Morgan fingerprint density at radius 2 is 1.87 bits per heavy atom. The Bertz CT molecular complexity index is 955. The van der Waals surface area contributed by atoms with Crippen molar-refractivity contribution in [3.8, 4) is 0 Å². The van der Waals surface area contributed by atoms with Crippen LogP contribution in [0, 0.1) is 0 Å². The summed E-state index contributed by atoms with van der Waals surface area (Å²) in [5.41, 5.74) is 0.862. The number of carbonyl (C=O) groups excluding carboxylic acids is 3. The number of hydrogen-bond acceptors (Lipinski definition) is 6. The van der Waals surface area contributed by atoms with Gasteiger partial charge in [0.15, 0.2) is 6.10 Å². The van der Waals surface area contributed by atoms with Gasteiger partial charge in [-0.1, -0.05) is 36.4 Å². The minimum absolute atomic E-state index is 0.191. The van der Waals surface area contributed by atoms with Gasteiger partial charge in [-0.05, 0) is 36.1 Å². The molecule has 0 saturated heterocycles. The molecule has 2 amide bonds. The van der Waals surface area contributed by atoms with Crippen molar-refractivity contribution in [1.82, 2.24) is 10.6 Å². The molecule has 7 nitrogen and oxygen atoms in total. The first-order valence-corrected chi connectivity index (χ1v) is 10.3. The molecule has 0 unspecified atom stereocenters. The van der Waals surface area contributed by atoms with Gasteiger partial charge in [-0.15, -0.1) is 11.3 Å². The number of ether oxygens (including phenoxy) is 1. The summed E-state index contributed by atoms with van der Waals surface area (Å²) < 4.78 is 10.5. The Kier molecular flexibility index (Phi) is 7.40. The third-order valence-corrected chi connectivity index (χ3v) is 5.17. The van der Waals surface area contributed by atoms with Crippen molar-refractivity contribution >= 4 is 29.1 Å². The molecule has 8 heteroatoms. The van der Waals surface area contributed by atoms with E-state index in [9.17, 15) is 14.4 Å². The molecule has 0 aliphatic heterocycles. The van der Waals surface area contributed by atoms with Crippen LogP contribution in [0.25, 0.3) is 0 Å². The fourth-order valence-corrected chi connectivity index (χ4v) is 3.35. The van der Waals surface area contributed by atoms with Crippen LogP contribution in [0.3, 0.4) is 0 Å². The zero-order valence-corrected chi connectivity index (χ0v) is 17.2. The number of rotatable bonds is 9. The van der Waals surface area contributed by atoms with Crippen molar-refractivity contribution in [2.24, 2.45) is 0 Å². The van der Waals surface area contributed by atoms with Crippen LogP contribution in [0.2, 0.25) is 0 Å². The normalized spacial score (nSPS) is 12.6. The van der Waals surface area contributed by atoms with Crippen molar-refractivity contribution in [2.45, 2.75) is 32.0 Å². The first-order chi connectivity index (χ1) is 14.5. The van der Waals surface area contributed by atoms with Gasteiger partial charge in [0.1, 0.15) is 11.8 Å². The maximum atomic E-state index is 12.8. The van der Waals surface area contributed by atoms with Crippen LogP contribution < -0.4 is 10.6 Å². The minimum Gasteiger partial charge on any atom is -0.467 e. The van der Waals surface area contributed by atoms with Crippen molar-refractivity contribution in [3.05, 3.63) is 82.4 Å². The molecular formula is C22H22N2O5S. The largest absolute Gasteiger partial charge is 0.467 e. The molecule has 2 N–H and O–H groups in total. The second kappa shape index (κ2) is 10.4. The van der Waals surface area contributed by atoms with Crippen LogP contribution in [0.15, 0.2) is 70.7 Å². The van der Waals surface area contributed by atoms with Gasteiger partial charge in [0, 0.05) is 6.42 Å². The highest BCUT2D eigenvalue weighted by atomic mass is 32.1. The SMILES string of the molecule is C[C@@H](OC(=O)[C@H](Cc1ccccc1)NC(=O)c1cccs1)C(=O)NCc1ccco1. The molecule has 0 radical (unpaired) electrons. The predicted molar refractivity (Wildman–Crippen MR) is 112 cm³/mol. The highest BCUT2D eigenvalue weighted by molar-refractivity contribution is 7.12. The molecular weight excluding hydrogens is 404 g/mol. The van der Waals surface area contributed by atoms with Gasteiger partial charge < -0.3 is 19.8 Å². The second-order valence-electron chi connectivity index (χ2n) is 6.57. The average molecular weight is 426 g/mol. The van der Waals surface area contributed by atoms with Crippen molar-refractivity contribution in [2.75, 3.05) is 0 Å². The number of nitrogens with one attached hydrogen (secondary N) is 2. The molecule has 0 fully saturated rings. The third-order valence-electron chi connectivity index (χ3n) is 4.30. The first-order valence-electron chi connectivity index (χ1n) is 9.42. The summed E-state index contributed by atoms with van der Waals surface area (Å²) in [5.74, 6) is -0.906. The summed E-state index contributed by atoms with van der Waals surface area (Å²) in [5, 5.41) is 7.15. The van der Waals surface area contributed by atoms with Crippen molar-refractivity contribution in [1.29, 1.82) is 0 Å². The number of amides is 2. The number of hydrogen-bond donors (Lipinski definition) is 2. The molecule has 0 spiro atoms. The summed E-state index contributed by atoms with van der Waals surface area (Å²) in [6, 6.07) is 15.2. The van der Waals surface area contributed by atoms with Crippen molar-refractivity contribution in [3.63, 3.8) is 0 Å². The van der Waals surface area contributed by atoms with Crippen LogP contribution in [0.1, 0.15) is 27.9 Å². The summed E-state index contributed by atoms with van der Waals surface area (Å²) >= 11 is 1.28. The molecule has 1 aromatic carbocycles. The van der Waals surface area contributed by atoms with Gasteiger partial charge in [-0.3, -0.25) is 9.59 Å². The standard InChI is InChI=1S/C22H22N2O5S/c1-15(20(25)23-14-17-9-5-11-28-17)29-22(27)18(13-16-7-3-2-4-8-16)24-21(26)19-10-6-12-30-19/h2-12,15,18H,13-14H2,1H3,(H,23,25)(H,24,26)/t15-,18+/m1/s1. The molecule has 3 aromatic rings. The van der Waals surface area contributed by atoms with Gasteiger partial charge in [0.05, 0.1) is 17.7 Å². The second-order valence-corrected chi connectivity index (χ2v) is 7.52. The van der Waals surface area contributed by atoms with E-state index in [-0.39, 0.29) is 18.9 Å². The zero-order chi connectivity index (χ0) is 21.3. The molecule has 0 aliphatic carbocycles. The van der Waals surface area contributed by atoms with E-state index in [0.717, 1.165) is 5.56 Å². The van der Waals surface area contributed by atoms with Crippen LogP contribution in [0.5, 0.6) is 0 Å².